The van der Waals surface area contributed by atoms with Crippen LogP contribution in [0.5, 0.6) is 11.5 Å². The quantitative estimate of drug-likeness (QED) is 0.203. The first-order valence-corrected chi connectivity index (χ1v) is 13.1. The van der Waals surface area contributed by atoms with Crippen LogP contribution in [-0.4, -0.2) is 30.9 Å². The number of H-pyrrole nitrogens is 1. The van der Waals surface area contributed by atoms with Crippen LogP contribution in [0.4, 0.5) is 0 Å². The Bertz CT molecular complexity index is 725. The van der Waals surface area contributed by atoms with Gasteiger partial charge in [0.2, 0.25) is 0 Å². The Hall–Kier alpha value is -1.68. The van der Waals surface area contributed by atoms with Crippen molar-refractivity contribution < 1.29 is 14.6 Å². The van der Waals surface area contributed by atoms with E-state index in [0.717, 1.165) is 29.9 Å². The number of ether oxygens (including phenoxy) is 2. The van der Waals surface area contributed by atoms with Gasteiger partial charge in [0.15, 0.2) is 11.5 Å². The summed E-state index contributed by atoms with van der Waals surface area (Å²) in [6.45, 7) is 0.358. The molecule has 0 fully saturated rings. The Morgan fingerprint density at radius 3 is 1.53 bits per heavy atom. The van der Waals surface area contributed by atoms with Crippen LogP contribution >= 0.6 is 0 Å². The van der Waals surface area contributed by atoms with Gasteiger partial charge in [-0.1, -0.05) is 89.9 Å². The fourth-order valence-electron chi connectivity index (χ4n) is 4.62. The molecule has 0 aliphatic rings. The zero-order chi connectivity index (χ0) is 22.9. The summed E-state index contributed by atoms with van der Waals surface area (Å²) < 4.78 is 10.9. The molecule has 4 nitrogen and oxygen atoms in total. The standard InChI is InChI=1S/C28H47NO3/c1-31-27-21-25-24(23-29-26(25)22-28(27)32-2)19-17-15-13-11-9-7-5-3-4-6-8-10-12-14-16-18-20-30/h21-23,29-30H,3-20H2,1-2H3. The molecule has 0 saturated carbocycles. The lowest BCUT2D eigenvalue weighted by molar-refractivity contribution is 0.282. The van der Waals surface area contributed by atoms with Crippen molar-refractivity contribution in [1.29, 1.82) is 0 Å². The van der Waals surface area contributed by atoms with Gasteiger partial charge in [-0.15, -0.1) is 0 Å². The molecule has 0 unspecified atom stereocenters. The third-order valence-electron chi connectivity index (χ3n) is 6.63. The van der Waals surface area contributed by atoms with Gasteiger partial charge in [-0.3, -0.25) is 0 Å². The molecule has 182 valence electrons. The summed E-state index contributed by atoms with van der Waals surface area (Å²) in [5.74, 6) is 1.58. The van der Waals surface area contributed by atoms with E-state index < -0.39 is 0 Å². The molecule has 1 aromatic carbocycles. The number of aryl methyl sites for hydroxylation is 1. The first-order chi connectivity index (χ1) is 15.8. The maximum absolute atomic E-state index is 8.77. The molecule has 0 amide bonds. The highest BCUT2D eigenvalue weighted by Crippen LogP contribution is 2.33. The summed E-state index contributed by atoms with van der Waals surface area (Å²) in [6.07, 6.45) is 24.6. The van der Waals surface area contributed by atoms with Crippen LogP contribution in [0.25, 0.3) is 10.9 Å². The molecule has 2 N–H and O–H groups in total. The minimum atomic E-state index is 0.358. The van der Waals surface area contributed by atoms with E-state index in [2.05, 4.69) is 17.2 Å². The van der Waals surface area contributed by atoms with E-state index in [1.54, 1.807) is 14.2 Å². The summed E-state index contributed by atoms with van der Waals surface area (Å²) in [5.41, 5.74) is 2.50. The van der Waals surface area contributed by atoms with Gasteiger partial charge in [0.25, 0.3) is 0 Å². The highest BCUT2D eigenvalue weighted by atomic mass is 16.5. The van der Waals surface area contributed by atoms with E-state index in [0.29, 0.717) is 6.61 Å². The number of nitrogens with one attached hydrogen (secondary N) is 1. The van der Waals surface area contributed by atoms with Crippen molar-refractivity contribution in [2.24, 2.45) is 0 Å². The molecule has 2 rings (SSSR count). The van der Waals surface area contributed by atoms with E-state index >= 15 is 0 Å². The molecule has 0 saturated heterocycles. The third kappa shape index (κ3) is 9.85. The largest absolute Gasteiger partial charge is 0.493 e. The number of aromatic amines is 1. The van der Waals surface area contributed by atoms with Crippen LogP contribution < -0.4 is 9.47 Å². The van der Waals surface area contributed by atoms with E-state index in [-0.39, 0.29) is 0 Å². The summed E-state index contributed by atoms with van der Waals surface area (Å²) in [7, 11) is 3.37. The van der Waals surface area contributed by atoms with Crippen molar-refractivity contribution in [3.63, 3.8) is 0 Å². The van der Waals surface area contributed by atoms with Crippen molar-refractivity contribution in [2.45, 2.75) is 109 Å². The minimum Gasteiger partial charge on any atom is -0.493 e. The molecule has 1 aromatic heterocycles. The first-order valence-electron chi connectivity index (χ1n) is 13.1. The summed E-state index contributed by atoms with van der Waals surface area (Å²) in [5, 5.41) is 10.0. The van der Waals surface area contributed by atoms with Crippen LogP contribution in [-0.2, 0) is 6.42 Å². The van der Waals surface area contributed by atoms with Crippen molar-refractivity contribution in [2.75, 3.05) is 20.8 Å². The van der Waals surface area contributed by atoms with E-state index in [4.69, 9.17) is 14.6 Å². The van der Waals surface area contributed by atoms with Crippen LogP contribution in [0.2, 0.25) is 0 Å². The molecule has 2 aromatic rings. The van der Waals surface area contributed by atoms with Gasteiger partial charge in [0, 0.05) is 29.8 Å². The first kappa shape index (κ1) is 26.6. The molecular weight excluding hydrogens is 398 g/mol. The Morgan fingerprint density at radius 2 is 1.06 bits per heavy atom. The Morgan fingerprint density at radius 1 is 0.625 bits per heavy atom. The number of aliphatic hydroxyl groups is 1. The van der Waals surface area contributed by atoms with Crippen molar-refractivity contribution >= 4 is 10.9 Å². The minimum absolute atomic E-state index is 0.358. The van der Waals surface area contributed by atoms with Crippen molar-refractivity contribution in [3.8, 4) is 11.5 Å². The third-order valence-corrected chi connectivity index (χ3v) is 6.63. The second-order valence-electron chi connectivity index (χ2n) is 9.20. The number of methoxy groups -OCH3 is 2. The van der Waals surface area contributed by atoms with Gasteiger partial charge in [-0.05, 0) is 30.9 Å². The maximum atomic E-state index is 8.77. The number of hydrogen-bond acceptors (Lipinski definition) is 3. The number of benzene rings is 1. The lowest BCUT2D eigenvalue weighted by Crippen LogP contribution is -1.91. The Balaban J connectivity index is 1.44. The number of rotatable bonds is 20. The number of hydrogen-bond donors (Lipinski definition) is 2. The van der Waals surface area contributed by atoms with Gasteiger partial charge in [0.05, 0.1) is 14.2 Å². The summed E-state index contributed by atoms with van der Waals surface area (Å²) >= 11 is 0. The van der Waals surface area contributed by atoms with Crippen LogP contribution in [0.3, 0.4) is 0 Å². The normalized spacial score (nSPS) is 11.3. The highest BCUT2D eigenvalue weighted by Gasteiger charge is 2.10. The average Bonchev–Trinajstić information content (AvgIpc) is 3.21. The van der Waals surface area contributed by atoms with Crippen LogP contribution in [0.1, 0.15) is 108 Å². The molecule has 1 heterocycles. The lowest BCUT2D eigenvalue weighted by Gasteiger charge is -2.08. The SMILES string of the molecule is COc1cc2[nH]cc(CCCCCCCCCCCCCCCCCCO)c2cc1OC. The molecule has 32 heavy (non-hydrogen) atoms. The summed E-state index contributed by atoms with van der Waals surface area (Å²) in [4.78, 5) is 3.38. The predicted octanol–water partition coefficient (Wildman–Crippen LogP) is 7.96. The number of fused-ring (bicyclic) bond motifs is 1. The van der Waals surface area contributed by atoms with Crippen LogP contribution in [0.15, 0.2) is 18.3 Å². The second kappa shape index (κ2) is 16.9. The van der Waals surface area contributed by atoms with Crippen molar-refractivity contribution in [3.05, 3.63) is 23.9 Å². The summed E-state index contributed by atoms with van der Waals surface area (Å²) in [6, 6.07) is 4.12. The number of aromatic nitrogens is 1. The number of aliphatic hydroxyl groups excluding tert-OH is 1. The molecule has 0 spiro atoms. The molecular formula is C28H47NO3. The molecule has 0 radical (unpaired) electrons. The van der Waals surface area contributed by atoms with Crippen molar-refractivity contribution in [1.82, 2.24) is 4.98 Å². The molecule has 0 aliphatic carbocycles. The van der Waals surface area contributed by atoms with E-state index in [1.165, 1.54) is 107 Å². The second-order valence-corrected chi connectivity index (χ2v) is 9.20. The van der Waals surface area contributed by atoms with E-state index in [1.807, 2.05) is 6.07 Å². The van der Waals surface area contributed by atoms with Gasteiger partial charge >= 0.3 is 0 Å². The van der Waals surface area contributed by atoms with Gasteiger partial charge in [-0.2, -0.15) is 0 Å². The van der Waals surface area contributed by atoms with Gasteiger partial charge < -0.3 is 19.6 Å². The monoisotopic (exact) mass is 445 g/mol. The molecule has 0 atom stereocenters. The predicted molar refractivity (Wildman–Crippen MR) is 136 cm³/mol. The zero-order valence-corrected chi connectivity index (χ0v) is 20.7. The molecule has 0 bridgehead atoms. The Kier molecular flexibility index (Phi) is 14.0. The highest BCUT2D eigenvalue weighted by molar-refractivity contribution is 5.86. The number of unbranched alkanes of at least 4 members (excludes halogenated alkanes) is 15. The van der Waals surface area contributed by atoms with Gasteiger partial charge in [-0.25, -0.2) is 0 Å². The zero-order valence-electron chi connectivity index (χ0n) is 20.7. The average molecular weight is 446 g/mol. The molecule has 0 aliphatic heterocycles. The maximum Gasteiger partial charge on any atom is 0.162 e. The smallest absolute Gasteiger partial charge is 0.162 e. The topological polar surface area (TPSA) is 54.5 Å². The fraction of sp³-hybridized carbons (Fsp3) is 0.714. The lowest BCUT2D eigenvalue weighted by atomic mass is 10.0. The fourth-order valence-corrected chi connectivity index (χ4v) is 4.62. The van der Waals surface area contributed by atoms with E-state index in [9.17, 15) is 0 Å². The Labute approximate surface area is 196 Å². The molecule has 4 heteroatoms. The van der Waals surface area contributed by atoms with Crippen LogP contribution in [0, 0.1) is 0 Å². The van der Waals surface area contributed by atoms with Gasteiger partial charge in [0.1, 0.15) is 0 Å².